The number of anilines is 1. The van der Waals surface area contributed by atoms with Crippen LogP contribution in [0.1, 0.15) is 26.2 Å². The maximum Gasteiger partial charge on any atom is 0.282 e. The van der Waals surface area contributed by atoms with Crippen molar-refractivity contribution in [3.05, 3.63) is 21.0 Å². The summed E-state index contributed by atoms with van der Waals surface area (Å²) >= 11 is 3.44. The number of nitrogens with zero attached hydrogens (tertiary/aromatic N) is 3. The third-order valence-corrected chi connectivity index (χ3v) is 4.52. The normalized spacial score (nSPS) is 19.1. The highest BCUT2D eigenvalue weighted by Crippen LogP contribution is 2.24. The molecule has 1 saturated heterocycles. The van der Waals surface area contributed by atoms with Gasteiger partial charge in [0.2, 0.25) is 0 Å². The molecule has 2 rings (SSSR count). The summed E-state index contributed by atoms with van der Waals surface area (Å²) in [6.07, 6.45) is 5.34. The quantitative estimate of drug-likeness (QED) is 0.885. The summed E-state index contributed by atoms with van der Waals surface area (Å²) in [5.41, 5.74) is 0.839. The molecule has 0 amide bonds. The van der Waals surface area contributed by atoms with Crippen molar-refractivity contribution in [1.29, 1.82) is 0 Å². The molecule has 0 radical (unpaired) electrons. The first kappa shape index (κ1) is 15.5. The summed E-state index contributed by atoms with van der Waals surface area (Å²) in [4.78, 5) is 14.3. The van der Waals surface area contributed by atoms with Crippen molar-refractivity contribution in [2.24, 2.45) is 13.0 Å². The molecule has 1 aliphatic heterocycles. The molecule has 1 aliphatic rings. The minimum absolute atomic E-state index is 0.0784. The number of piperidine rings is 1. The second-order valence-corrected chi connectivity index (χ2v) is 6.22. The van der Waals surface area contributed by atoms with Crippen molar-refractivity contribution < 1.29 is 0 Å². The van der Waals surface area contributed by atoms with Gasteiger partial charge in [-0.3, -0.25) is 4.79 Å². The highest BCUT2D eigenvalue weighted by Gasteiger charge is 2.20. The van der Waals surface area contributed by atoms with Gasteiger partial charge >= 0.3 is 0 Å². The first-order valence-electron chi connectivity index (χ1n) is 7.31. The molecule has 5 nitrogen and oxygen atoms in total. The molecule has 1 aromatic rings. The Kier molecular flexibility index (Phi) is 5.60. The summed E-state index contributed by atoms with van der Waals surface area (Å²) in [5, 5.41) is 7.60. The first-order valence-corrected chi connectivity index (χ1v) is 8.10. The Balaban J connectivity index is 2.19. The zero-order valence-electron chi connectivity index (χ0n) is 12.2. The van der Waals surface area contributed by atoms with Crippen LogP contribution in [0.4, 0.5) is 5.69 Å². The Bertz CT molecular complexity index is 496. The van der Waals surface area contributed by atoms with Crippen LogP contribution in [0.25, 0.3) is 0 Å². The zero-order valence-corrected chi connectivity index (χ0v) is 13.8. The van der Waals surface area contributed by atoms with E-state index in [9.17, 15) is 4.79 Å². The largest absolute Gasteiger partial charge is 0.369 e. The maximum absolute atomic E-state index is 12.0. The number of rotatable bonds is 5. The molecule has 2 heterocycles. The predicted molar refractivity (Wildman–Crippen MR) is 85.3 cm³/mol. The van der Waals surface area contributed by atoms with Crippen molar-refractivity contribution in [2.45, 2.75) is 26.2 Å². The second kappa shape index (κ2) is 7.22. The van der Waals surface area contributed by atoms with E-state index in [1.807, 2.05) is 0 Å². The lowest BCUT2D eigenvalue weighted by atomic mass is 9.99. The van der Waals surface area contributed by atoms with Crippen LogP contribution in [0.2, 0.25) is 0 Å². The second-order valence-electron chi connectivity index (χ2n) is 5.43. The molecule has 1 unspecified atom stereocenters. The van der Waals surface area contributed by atoms with Gasteiger partial charge in [0, 0.05) is 20.1 Å². The summed E-state index contributed by atoms with van der Waals surface area (Å²) in [6, 6.07) is 0. The van der Waals surface area contributed by atoms with Gasteiger partial charge in [0.1, 0.15) is 4.47 Å². The number of nitrogens with one attached hydrogen (secondary N) is 1. The lowest BCUT2D eigenvalue weighted by Gasteiger charge is -2.31. The van der Waals surface area contributed by atoms with Crippen molar-refractivity contribution in [2.75, 3.05) is 31.1 Å². The van der Waals surface area contributed by atoms with E-state index >= 15 is 0 Å². The fourth-order valence-corrected chi connectivity index (χ4v) is 3.30. The molecular formula is C14H23BrN4O. The van der Waals surface area contributed by atoms with Crippen LogP contribution in [-0.2, 0) is 7.05 Å². The number of aromatic nitrogens is 2. The molecule has 1 fully saturated rings. The van der Waals surface area contributed by atoms with E-state index in [1.165, 1.54) is 17.5 Å². The zero-order chi connectivity index (χ0) is 14.5. The van der Waals surface area contributed by atoms with Crippen LogP contribution < -0.4 is 15.8 Å². The fourth-order valence-electron chi connectivity index (χ4n) is 2.69. The van der Waals surface area contributed by atoms with Crippen LogP contribution in [0, 0.1) is 5.92 Å². The van der Waals surface area contributed by atoms with Gasteiger partial charge < -0.3 is 10.2 Å². The van der Waals surface area contributed by atoms with Crippen LogP contribution in [0.5, 0.6) is 0 Å². The van der Waals surface area contributed by atoms with Crippen molar-refractivity contribution in [3.63, 3.8) is 0 Å². The number of halogens is 1. The average Bonchev–Trinajstić information content (AvgIpc) is 2.46. The highest BCUT2D eigenvalue weighted by atomic mass is 79.9. The van der Waals surface area contributed by atoms with Crippen molar-refractivity contribution >= 4 is 21.6 Å². The number of hydrogen-bond acceptors (Lipinski definition) is 4. The van der Waals surface area contributed by atoms with Gasteiger partial charge in [-0.05, 0) is 54.2 Å². The van der Waals surface area contributed by atoms with Crippen molar-refractivity contribution in [1.82, 2.24) is 15.1 Å². The van der Waals surface area contributed by atoms with Gasteiger partial charge in [-0.2, -0.15) is 5.10 Å². The molecule has 1 N–H and O–H groups in total. The van der Waals surface area contributed by atoms with Gasteiger partial charge in [0.05, 0.1) is 11.9 Å². The van der Waals surface area contributed by atoms with E-state index in [-0.39, 0.29) is 5.56 Å². The summed E-state index contributed by atoms with van der Waals surface area (Å²) in [5.74, 6) is 0.645. The van der Waals surface area contributed by atoms with E-state index in [4.69, 9.17) is 0 Å². The smallest absolute Gasteiger partial charge is 0.282 e. The summed E-state index contributed by atoms with van der Waals surface area (Å²) in [6.45, 7) is 6.28. The molecule has 0 bridgehead atoms. The predicted octanol–water partition coefficient (Wildman–Crippen LogP) is 1.76. The minimum Gasteiger partial charge on any atom is -0.369 e. The Morgan fingerprint density at radius 2 is 2.40 bits per heavy atom. The van der Waals surface area contributed by atoms with Crippen LogP contribution >= 0.6 is 15.9 Å². The van der Waals surface area contributed by atoms with Gasteiger partial charge in [-0.15, -0.1) is 0 Å². The van der Waals surface area contributed by atoms with E-state index in [1.54, 1.807) is 13.2 Å². The van der Waals surface area contributed by atoms with Crippen molar-refractivity contribution in [3.8, 4) is 0 Å². The lowest BCUT2D eigenvalue weighted by Crippen LogP contribution is -2.39. The molecule has 1 atom stereocenters. The Morgan fingerprint density at radius 3 is 3.05 bits per heavy atom. The molecule has 0 aliphatic carbocycles. The van der Waals surface area contributed by atoms with Gasteiger partial charge in [-0.25, -0.2) is 4.68 Å². The molecule has 6 heteroatoms. The topological polar surface area (TPSA) is 50.2 Å². The summed E-state index contributed by atoms with van der Waals surface area (Å²) < 4.78 is 1.98. The number of hydrogen-bond donors (Lipinski definition) is 1. The average molecular weight is 343 g/mol. The van der Waals surface area contributed by atoms with Crippen LogP contribution in [0.3, 0.4) is 0 Å². The molecule has 20 heavy (non-hydrogen) atoms. The van der Waals surface area contributed by atoms with E-state index in [0.717, 1.165) is 38.3 Å². The number of aryl methyl sites for hydroxylation is 1. The highest BCUT2D eigenvalue weighted by molar-refractivity contribution is 9.10. The molecule has 0 aromatic carbocycles. The monoisotopic (exact) mass is 342 g/mol. The Morgan fingerprint density at radius 1 is 1.60 bits per heavy atom. The van der Waals surface area contributed by atoms with Gasteiger partial charge in [0.25, 0.3) is 5.56 Å². The molecular weight excluding hydrogens is 320 g/mol. The van der Waals surface area contributed by atoms with Crippen LogP contribution in [-0.4, -0.2) is 36.0 Å². The van der Waals surface area contributed by atoms with Gasteiger partial charge in [-0.1, -0.05) is 6.92 Å². The fraction of sp³-hybridized carbons (Fsp3) is 0.714. The van der Waals surface area contributed by atoms with E-state index < -0.39 is 0 Å². The molecule has 0 saturated carbocycles. The first-order chi connectivity index (χ1) is 9.63. The third-order valence-electron chi connectivity index (χ3n) is 3.77. The van der Waals surface area contributed by atoms with E-state index in [0.29, 0.717) is 10.4 Å². The lowest BCUT2D eigenvalue weighted by molar-refractivity contribution is 0.376. The standard InChI is InChI=1S/C14H23BrN4O/c1-3-7-19(10-11-5-4-6-16-8-11)12-9-17-18(2)14(20)13(12)15/h9,11,16H,3-8,10H2,1-2H3. The third kappa shape index (κ3) is 3.61. The van der Waals surface area contributed by atoms with Gasteiger partial charge in [0.15, 0.2) is 0 Å². The van der Waals surface area contributed by atoms with E-state index in [2.05, 4.69) is 38.2 Å². The molecule has 0 spiro atoms. The summed E-state index contributed by atoms with van der Waals surface area (Å²) in [7, 11) is 1.67. The molecule has 1 aromatic heterocycles. The SMILES string of the molecule is CCCN(CC1CCCNC1)c1cnn(C)c(=O)c1Br. The Labute approximate surface area is 128 Å². The van der Waals surface area contributed by atoms with Crippen LogP contribution in [0.15, 0.2) is 15.5 Å². The minimum atomic E-state index is -0.0784. The Hall–Kier alpha value is -0.880. The maximum atomic E-state index is 12.0. The molecule has 112 valence electrons.